The molecule has 0 spiro atoms. The zero-order chi connectivity index (χ0) is 20.6. The van der Waals surface area contributed by atoms with E-state index < -0.39 is 17.9 Å². The minimum absolute atomic E-state index is 0.0547. The van der Waals surface area contributed by atoms with E-state index in [9.17, 15) is 14.4 Å². The summed E-state index contributed by atoms with van der Waals surface area (Å²) in [7, 11) is 1.82. The summed E-state index contributed by atoms with van der Waals surface area (Å²) < 4.78 is 1.73. The average Bonchev–Trinajstić information content (AvgIpc) is 3.06. The Hall–Kier alpha value is -3.16. The maximum absolute atomic E-state index is 12.8. The first kappa shape index (κ1) is 19.6. The molecule has 0 aliphatic carbocycles. The van der Waals surface area contributed by atoms with Gasteiger partial charge in [-0.15, -0.1) is 0 Å². The number of amides is 3. The molecule has 28 heavy (non-hydrogen) atoms. The Morgan fingerprint density at radius 2 is 1.86 bits per heavy atom. The summed E-state index contributed by atoms with van der Waals surface area (Å²) >= 11 is 0. The predicted octanol–water partition coefficient (Wildman–Crippen LogP) is 1.27. The number of carbonyl (C=O) groups excluding carboxylic acids is 3. The number of rotatable bonds is 4. The molecule has 2 heterocycles. The van der Waals surface area contributed by atoms with E-state index in [-0.39, 0.29) is 18.5 Å². The zero-order valence-corrected chi connectivity index (χ0v) is 16.7. The zero-order valence-electron chi connectivity index (χ0n) is 16.7. The number of carbonyl (C=O) groups is 3. The summed E-state index contributed by atoms with van der Waals surface area (Å²) in [6.07, 6.45) is 0. The molecule has 0 saturated carbocycles. The smallest absolute Gasteiger partial charge is 0.310 e. The lowest BCUT2D eigenvalue weighted by Crippen LogP contribution is -2.45. The summed E-state index contributed by atoms with van der Waals surface area (Å²) in [5.41, 5.74) is 4.05. The van der Waals surface area contributed by atoms with Crippen molar-refractivity contribution >= 4 is 23.4 Å². The first-order valence-electron chi connectivity index (χ1n) is 9.22. The summed E-state index contributed by atoms with van der Waals surface area (Å²) in [5.74, 6) is -1.86. The van der Waals surface area contributed by atoms with E-state index in [1.807, 2.05) is 52.9 Å². The van der Waals surface area contributed by atoms with Gasteiger partial charge in [0.2, 0.25) is 0 Å². The van der Waals surface area contributed by atoms with Gasteiger partial charge in [0.25, 0.3) is 5.91 Å². The van der Waals surface area contributed by atoms with E-state index in [0.717, 1.165) is 22.6 Å². The molecule has 1 aromatic carbocycles. The van der Waals surface area contributed by atoms with Crippen LogP contribution in [-0.4, -0.2) is 33.5 Å². The minimum Gasteiger partial charge on any atom is -0.344 e. The van der Waals surface area contributed by atoms with Crippen LogP contribution in [-0.2, 0) is 28.0 Å². The molecule has 0 fully saturated rings. The van der Waals surface area contributed by atoms with Crippen LogP contribution in [0.25, 0.3) is 0 Å². The van der Waals surface area contributed by atoms with Gasteiger partial charge in [-0.1, -0.05) is 18.2 Å². The second-order valence-corrected chi connectivity index (χ2v) is 7.22. The lowest BCUT2D eigenvalue weighted by Gasteiger charge is -2.22. The van der Waals surface area contributed by atoms with Gasteiger partial charge in [0.15, 0.2) is 0 Å². The first-order chi connectivity index (χ1) is 13.2. The van der Waals surface area contributed by atoms with Crippen LogP contribution in [0, 0.1) is 13.8 Å². The summed E-state index contributed by atoms with van der Waals surface area (Å²) in [6.45, 7) is 7.76. The molecule has 8 heteroatoms. The third-order valence-electron chi connectivity index (χ3n) is 5.07. The lowest BCUT2D eigenvalue weighted by atomic mass is 10.1. The number of para-hydroxylation sites is 1. The van der Waals surface area contributed by atoms with Crippen molar-refractivity contribution in [2.75, 3.05) is 4.90 Å². The van der Waals surface area contributed by atoms with Crippen LogP contribution in [0.4, 0.5) is 5.69 Å². The fraction of sp³-hybridized carbons (Fsp3) is 0.400. The van der Waals surface area contributed by atoms with Gasteiger partial charge in [-0.3, -0.25) is 19.1 Å². The second kappa shape index (κ2) is 7.46. The van der Waals surface area contributed by atoms with Crippen molar-refractivity contribution < 1.29 is 14.4 Å². The molecule has 2 aromatic rings. The molecule has 1 aliphatic heterocycles. The quantitative estimate of drug-likeness (QED) is 0.777. The van der Waals surface area contributed by atoms with E-state index in [1.165, 1.54) is 0 Å². The number of hydrogen-bond donors (Lipinski definition) is 2. The van der Waals surface area contributed by atoms with Crippen molar-refractivity contribution in [3.05, 3.63) is 46.8 Å². The average molecular weight is 383 g/mol. The van der Waals surface area contributed by atoms with Gasteiger partial charge in [0, 0.05) is 42.1 Å². The Bertz CT molecular complexity index is 947. The third kappa shape index (κ3) is 3.37. The fourth-order valence-corrected chi connectivity index (χ4v) is 3.53. The van der Waals surface area contributed by atoms with Crippen molar-refractivity contribution in [3.8, 4) is 0 Å². The summed E-state index contributed by atoms with van der Waals surface area (Å²) in [6, 6.07) is 6.37. The Morgan fingerprint density at radius 1 is 1.18 bits per heavy atom. The normalized spacial score (nSPS) is 15.7. The number of anilines is 1. The van der Waals surface area contributed by atoms with Gasteiger partial charge in [-0.25, -0.2) is 0 Å². The van der Waals surface area contributed by atoms with Gasteiger partial charge in [0.05, 0.1) is 5.69 Å². The largest absolute Gasteiger partial charge is 0.344 e. The molecule has 0 unspecified atom stereocenters. The number of benzene rings is 1. The van der Waals surface area contributed by atoms with Crippen LogP contribution in [0.5, 0.6) is 0 Å². The van der Waals surface area contributed by atoms with Crippen molar-refractivity contribution in [1.82, 2.24) is 20.4 Å². The number of aryl methyl sites for hydroxylation is 2. The van der Waals surface area contributed by atoms with Crippen molar-refractivity contribution in [3.63, 3.8) is 0 Å². The van der Waals surface area contributed by atoms with E-state index in [1.54, 1.807) is 15.6 Å². The minimum atomic E-state index is -0.862. The van der Waals surface area contributed by atoms with Crippen LogP contribution < -0.4 is 15.5 Å². The molecule has 148 valence electrons. The topological polar surface area (TPSA) is 96.3 Å². The van der Waals surface area contributed by atoms with E-state index in [0.29, 0.717) is 5.56 Å². The Kier molecular flexibility index (Phi) is 5.22. The highest BCUT2D eigenvalue weighted by atomic mass is 16.2. The maximum atomic E-state index is 12.8. The van der Waals surface area contributed by atoms with Gasteiger partial charge in [-0.2, -0.15) is 5.10 Å². The Balaban J connectivity index is 1.70. The standard InChI is InChI=1S/C20H25N5O3/c1-11(2)25-16-9-7-6-8-14(16)17(20(25)28)22-19(27)18(26)21-10-15-12(3)23-24(5)13(15)4/h6-9,11,17H,10H2,1-5H3,(H,21,26)(H,22,27)/t17-/m0/s1. The van der Waals surface area contributed by atoms with Crippen molar-refractivity contribution in [2.24, 2.45) is 7.05 Å². The molecule has 1 aliphatic rings. The van der Waals surface area contributed by atoms with Crippen LogP contribution >= 0.6 is 0 Å². The Morgan fingerprint density at radius 3 is 2.46 bits per heavy atom. The molecule has 1 aromatic heterocycles. The fourth-order valence-electron chi connectivity index (χ4n) is 3.53. The van der Waals surface area contributed by atoms with Gasteiger partial charge in [0.1, 0.15) is 6.04 Å². The van der Waals surface area contributed by atoms with Gasteiger partial charge >= 0.3 is 11.8 Å². The van der Waals surface area contributed by atoms with E-state index >= 15 is 0 Å². The predicted molar refractivity (Wildman–Crippen MR) is 104 cm³/mol. The molecule has 1 atom stereocenters. The van der Waals surface area contributed by atoms with Gasteiger partial charge < -0.3 is 15.5 Å². The molecule has 8 nitrogen and oxygen atoms in total. The number of nitrogens with one attached hydrogen (secondary N) is 2. The molecule has 3 rings (SSSR count). The van der Waals surface area contributed by atoms with Crippen LogP contribution in [0.15, 0.2) is 24.3 Å². The monoisotopic (exact) mass is 383 g/mol. The number of nitrogens with zero attached hydrogens (tertiary/aromatic N) is 3. The maximum Gasteiger partial charge on any atom is 0.310 e. The number of fused-ring (bicyclic) bond motifs is 1. The highest BCUT2D eigenvalue weighted by molar-refractivity contribution is 6.35. The summed E-state index contributed by atoms with van der Waals surface area (Å²) in [5, 5.41) is 9.48. The molecule has 3 amide bonds. The molecular weight excluding hydrogens is 358 g/mol. The first-order valence-corrected chi connectivity index (χ1v) is 9.22. The highest BCUT2D eigenvalue weighted by Crippen LogP contribution is 2.36. The molecule has 0 radical (unpaired) electrons. The van der Waals surface area contributed by atoms with Crippen molar-refractivity contribution in [2.45, 2.75) is 46.3 Å². The van der Waals surface area contributed by atoms with E-state index in [2.05, 4.69) is 15.7 Å². The second-order valence-electron chi connectivity index (χ2n) is 7.22. The number of aromatic nitrogens is 2. The third-order valence-corrected chi connectivity index (χ3v) is 5.07. The SMILES string of the molecule is Cc1nn(C)c(C)c1CNC(=O)C(=O)N[C@@H]1C(=O)N(C(C)C)c2ccccc21. The molecule has 0 bridgehead atoms. The lowest BCUT2D eigenvalue weighted by molar-refractivity contribution is -0.140. The highest BCUT2D eigenvalue weighted by Gasteiger charge is 2.39. The van der Waals surface area contributed by atoms with Gasteiger partial charge in [-0.05, 0) is 33.8 Å². The molecular formula is C20H25N5O3. The van der Waals surface area contributed by atoms with Crippen LogP contribution in [0.1, 0.15) is 42.4 Å². The number of hydrogen-bond acceptors (Lipinski definition) is 4. The Labute approximate surface area is 163 Å². The molecule has 2 N–H and O–H groups in total. The van der Waals surface area contributed by atoms with E-state index in [4.69, 9.17) is 0 Å². The molecule has 0 saturated heterocycles. The summed E-state index contributed by atoms with van der Waals surface area (Å²) in [4.78, 5) is 39.1. The van der Waals surface area contributed by atoms with Crippen LogP contribution in [0.3, 0.4) is 0 Å². The van der Waals surface area contributed by atoms with Crippen LogP contribution in [0.2, 0.25) is 0 Å². The van der Waals surface area contributed by atoms with Crippen molar-refractivity contribution in [1.29, 1.82) is 0 Å².